The molecule has 69 heavy (non-hydrogen) atoms. The molecule has 0 spiro atoms. The van der Waals surface area contributed by atoms with Gasteiger partial charge in [-0.15, -0.1) is 0 Å². The highest BCUT2D eigenvalue weighted by molar-refractivity contribution is 6.21. The molecule has 0 fully saturated rings. The lowest BCUT2D eigenvalue weighted by molar-refractivity contribution is 0.670. The minimum atomic E-state index is 0.860. The van der Waals surface area contributed by atoms with Gasteiger partial charge in [0.1, 0.15) is 11.2 Å². The summed E-state index contributed by atoms with van der Waals surface area (Å²) < 4.78 is 9.43. The molecule has 0 unspecified atom stereocenters. The number of rotatable bonds is 7. The summed E-state index contributed by atoms with van der Waals surface area (Å²) in [5, 5.41) is 11.8. The van der Waals surface area contributed by atoms with Crippen molar-refractivity contribution >= 4 is 93.1 Å². The Bertz CT molecular complexity index is 4290. The monoisotopic (exact) mass is 878 g/mol. The van der Waals surface area contributed by atoms with Crippen LogP contribution in [0.4, 0.5) is 17.1 Å². The number of nitrogens with zero attached hydrogens (tertiary/aromatic N) is 2. The zero-order valence-electron chi connectivity index (χ0n) is 37.6. The first kappa shape index (κ1) is 39.0. The number of aromatic nitrogens is 1. The summed E-state index contributed by atoms with van der Waals surface area (Å²) >= 11 is 0. The van der Waals surface area contributed by atoms with Crippen molar-refractivity contribution in [1.29, 1.82) is 0 Å². The van der Waals surface area contributed by atoms with Gasteiger partial charge in [0.2, 0.25) is 0 Å². The lowest BCUT2D eigenvalue weighted by atomic mass is 9.95. The summed E-state index contributed by atoms with van der Waals surface area (Å²) in [6, 6.07) is 92.4. The number of fused-ring (bicyclic) bond motifs is 10. The van der Waals surface area contributed by atoms with Crippen LogP contribution in [0.15, 0.2) is 259 Å². The fraction of sp³-hybridized carbons (Fsp3) is 0. The Hall–Kier alpha value is -9.18. The number of benzene rings is 12. The van der Waals surface area contributed by atoms with Crippen LogP contribution < -0.4 is 4.90 Å². The SMILES string of the molecule is c1ccc(-c2cccc3c4c(-c5ccc(N(c6cccc7c6ccc6ccccc67)c6ccc(-c7cccc8ccccc78)c7oc8ccccc8c67)cc5)cccc4n(-c4ccccc4)c23)cc1. The Kier molecular flexibility index (Phi) is 8.90. The molecule has 2 aromatic heterocycles. The van der Waals surface area contributed by atoms with Crippen molar-refractivity contribution in [1.82, 2.24) is 4.57 Å². The first-order valence-corrected chi connectivity index (χ1v) is 23.7. The molecule has 14 aromatic rings. The molecular weight excluding hydrogens is 837 g/mol. The van der Waals surface area contributed by atoms with E-state index in [1.54, 1.807) is 0 Å². The lowest BCUT2D eigenvalue weighted by Gasteiger charge is -2.28. The van der Waals surface area contributed by atoms with E-state index in [1.807, 2.05) is 0 Å². The molecule has 322 valence electrons. The number of para-hydroxylation sites is 3. The van der Waals surface area contributed by atoms with Crippen molar-refractivity contribution in [3.8, 4) is 39.1 Å². The van der Waals surface area contributed by atoms with Crippen LogP contribution in [-0.4, -0.2) is 4.57 Å². The van der Waals surface area contributed by atoms with Crippen LogP contribution in [-0.2, 0) is 0 Å². The van der Waals surface area contributed by atoms with E-state index >= 15 is 0 Å². The third-order valence-corrected chi connectivity index (χ3v) is 14.2. The Morgan fingerprint density at radius 2 is 0.928 bits per heavy atom. The zero-order chi connectivity index (χ0) is 45.4. The van der Waals surface area contributed by atoms with Crippen LogP contribution in [0.3, 0.4) is 0 Å². The molecule has 0 saturated heterocycles. The molecule has 3 nitrogen and oxygen atoms in total. The predicted molar refractivity (Wildman–Crippen MR) is 292 cm³/mol. The summed E-state index contributed by atoms with van der Waals surface area (Å²) in [7, 11) is 0. The van der Waals surface area contributed by atoms with Gasteiger partial charge in [-0.2, -0.15) is 0 Å². The quantitative estimate of drug-likeness (QED) is 0.149. The fourth-order valence-corrected chi connectivity index (χ4v) is 11.1. The average molecular weight is 879 g/mol. The maximum absolute atomic E-state index is 6.99. The van der Waals surface area contributed by atoms with Crippen LogP contribution in [0, 0.1) is 0 Å². The van der Waals surface area contributed by atoms with Gasteiger partial charge in [-0.3, -0.25) is 0 Å². The fourth-order valence-electron chi connectivity index (χ4n) is 11.1. The van der Waals surface area contributed by atoms with E-state index in [0.29, 0.717) is 0 Å². The van der Waals surface area contributed by atoms with Gasteiger partial charge in [-0.1, -0.05) is 200 Å². The standard InChI is InChI=1S/C66H42N2O/c1-3-17-44(18-4-1)52-28-14-31-58-63-51(27-15-33-60(63)68(65(52)58)47-22-5-2-6-23-47)46-35-38-48(39-36-46)67(59-32-16-30-53-50-25-10-8-20-45(50)37-40-55(53)59)61-42-41-56(54-29-13-21-43-19-7-9-24-49(43)54)66-64(61)57-26-11-12-34-62(57)69-66/h1-42H. The van der Waals surface area contributed by atoms with Gasteiger partial charge in [0.05, 0.1) is 27.8 Å². The molecule has 0 amide bonds. The molecular formula is C66H42N2O. The van der Waals surface area contributed by atoms with E-state index in [2.05, 4.69) is 264 Å². The molecule has 0 bridgehead atoms. The average Bonchev–Trinajstić information content (AvgIpc) is 3.99. The van der Waals surface area contributed by atoms with Crippen LogP contribution >= 0.6 is 0 Å². The van der Waals surface area contributed by atoms with Gasteiger partial charge in [0.25, 0.3) is 0 Å². The van der Waals surface area contributed by atoms with Crippen molar-refractivity contribution in [3.63, 3.8) is 0 Å². The Labute approximate surface area is 399 Å². The first-order valence-electron chi connectivity index (χ1n) is 23.7. The third kappa shape index (κ3) is 6.14. The highest BCUT2D eigenvalue weighted by atomic mass is 16.3. The molecule has 14 rings (SSSR count). The predicted octanol–water partition coefficient (Wildman–Crippen LogP) is 18.6. The van der Waals surface area contributed by atoms with Gasteiger partial charge in [0, 0.05) is 44.0 Å². The van der Waals surface area contributed by atoms with E-state index in [0.717, 1.165) is 61.4 Å². The topological polar surface area (TPSA) is 21.3 Å². The molecule has 0 N–H and O–H groups in total. The molecule has 0 aliphatic heterocycles. The van der Waals surface area contributed by atoms with Crippen LogP contribution in [0.25, 0.3) is 115 Å². The summed E-state index contributed by atoms with van der Waals surface area (Å²) in [4.78, 5) is 2.45. The molecule has 12 aromatic carbocycles. The van der Waals surface area contributed by atoms with Crippen LogP contribution in [0.1, 0.15) is 0 Å². The van der Waals surface area contributed by atoms with Crippen molar-refractivity contribution in [2.45, 2.75) is 0 Å². The van der Waals surface area contributed by atoms with Crippen molar-refractivity contribution < 1.29 is 4.42 Å². The largest absolute Gasteiger partial charge is 0.455 e. The van der Waals surface area contributed by atoms with Crippen molar-refractivity contribution in [3.05, 3.63) is 255 Å². The first-order chi connectivity index (χ1) is 34.3. The van der Waals surface area contributed by atoms with Crippen LogP contribution in [0.2, 0.25) is 0 Å². The van der Waals surface area contributed by atoms with Gasteiger partial charge in [-0.25, -0.2) is 0 Å². The number of hydrogen-bond acceptors (Lipinski definition) is 2. The maximum Gasteiger partial charge on any atom is 0.145 e. The molecule has 0 radical (unpaired) electrons. The highest BCUT2D eigenvalue weighted by Gasteiger charge is 2.25. The van der Waals surface area contributed by atoms with Crippen molar-refractivity contribution in [2.75, 3.05) is 4.90 Å². The van der Waals surface area contributed by atoms with E-state index in [-0.39, 0.29) is 0 Å². The second-order valence-corrected chi connectivity index (χ2v) is 17.9. The maximum atomic E-state index is 6.99. The summed E-state index contributed by atoms with van der Waals surface area (Å²) in [5.74, 6) is 0. The van der Waals surface area contributed by atoms with Crippen LogP contribution in [0.5, 0.6) is 0 Å². The van der Waals surface area contributed by atoms with Gasteiger partial charge in [0.15, 0.2) is 0 Å². The normalized spacial score (nSPS) is 11.8. The molecule has 3 heteroatoms. The smallest absolute Gasteiger partial charge is 0.145 e. The number of hydrogen-bond donors (Lipinski definition) is 0. The van der Waals surface area contributed by atoms with E-state index in [4.69, 9.17) is 4.42 Å². The number of anilines is 3. The van der Waals surface area contributed by atoms with Gasteiger partial charge < -0.3 is 13.9 Å². The zero-order valence-corrected chi connectivity index (χ0v) is 37.6. The minimum Gasteiger partial charge on any atom is -0.455 e. The molecule has 2 heterocycles. The molecule has 0 aliphatic rings. The van der Waals surface area contributed by atoms with E-state index < -0.39 is 0 Å². The lowest BCUT2D eigenvalue weighted by Crippen LogP contribution is -2.11. The van der Waals surface area contributed by atoms with E-state index in [1.165, 1.54) is 70.8 Å². The van der Waals surface area contributed by atoms with Gasteiger partial charge >= 0.3 is 0 Å². The Morgan fingerprint density at radius 1 is 0.319 bits per heavy atom. The summed E-state index contributed by atoms with van der Waals surface area (Å²) in [5.41, 5.74) is 15.4. The summed E-state index contributed by atoms with van der Waals surface area (Å²) in [6.45, 7) is 0. The van der Waals surface area contributed by atoms with Crippen molar-refractivity contribution in [2.24, 2.45) is 0 Å². The Morgan fingerprint density at radius 3 is 1.77 bits per heavy atom. The Balaban J connectivity index is 1.01. The second-order valence-electron chi connectivity index (χ2n) is 17.9. The molecule has 0 aliphatic carbocycles. The molecule has 0 atom stereocenters. The third-order valence-electron chi connectivity index (χ3n) is 14.2. The minimum absolute atomic E-state index is 0.860. The highest BCUT2D eigenvalue weighted by Crippen LogP contribution is 2.49. The van der Waals surface area contributed by atoms with E-state index in [9.17, 15) is 0 Å². The summed E-state index contributed by atoms with van der Waals surface area (Å²) in [6.07, 6.45) is 0. The molecule has 0 saturated carbocycles. The second kappa shape index (κ2) is 15.7. The van der Waals surface area contributed by atoms with Gasteiger partial charge in [-0.05, 0) is 104 Å². The number of furan rings is 1.